The highest BCUT2D eigenvalue weighted by molar-refractivity contribution is 6.08. The van der Waals surface area contributed by atoms with Gasteiger partial charge in [-0.2, -0.15) is 0 Å². The molecule has 106 valence electrons. The predicted molar refractivity (Wildman–Crippen MR) is 79.1 cm³/mol. The van der Waals surface area contributed by atoms with Crippen molar-refractivity contribution >= 4 is 16.7 Å². The molecule has 0 atom stereocenters. The number of piperidine rings is 1. The van der Waals surface area contributed by atoms with Gasteiger partial charge in [-0.1, -0.05) is 18.2 Å². The van der Waals surface area contributed by atoms with Gasteiger partial charge in [-0.3, -0.25) is 9.69 Å². The maximum absolute atomic E-state index is 12.4. The third-order valence-electron chi connectivity index (χ3n) is 4.12. The van der Waals surface area contributed by atoms with Gasteiger partial charge in [-0.15, -0.1) is 0 Å². The van der Waals surface area contributed by atoms with Gasteiger partial charge in [0.05, 0.1) is 12.6 Å². The quantitative estimate of drug-likeness (QED) is 0.870. The van der Waals surface area contributed by atoms with Gasteiger partial charge >= 0.3 is 0 Å². The number of ketones is 1. The van der Waals surface area contributed by atoms with Gasteiger partial charge in [0.15, 0.2) is 5.78 Å². The minimum atomic E-state index is 0.193. The molecule has 2 aromatic rings. The van der Waals surface area contributed by atoms with E-state index in [1.807, 2.05) is 30.5 Å². The first-order valence-corrected chi connectivity index (χ1v) is 7.12. The van der Waals surface area contributed by atoms with Gasteiger partial charge in [0.2, 0.25) is 0 Å². The number of fused-ring (bicyclic) bond motifs is 1. The summed E-state index contributed by atoms with van der Waals surface area (Å²) >= 11 is 0. The highest BCUT2D eigenvalue weighted by atomic mass is 16.5. The number of aromatic nitrogens is 1. The van der Waals surface area contributed by atoms with Crippen LogP contribution < -0.4 is 0 Å². The fraction of sp³-hybridized carbons (Fsp3) is 0.438. The Hall–Kier alpha value is -1.65. The minimum Gasteiger partial charge on any atom is -0.381 e. The molecule has 0 aliphatic carbocycles. The first-order chi connectivity index (χ1) is 9.78. The molecule has 1 aromatic heterocycles. The van der Waals surface area contributed by atoms with Crippen LogP contribution in [0.4, 0.5) is 0 Å². The number of nitrogens with zero attached hydrogens (tertiary/aromatic N) is 1. The van der Waals surface area contributed by atoms with Crippen LogP contribution in [-0.4, -0.2) is 48.5 Å². The van der Waals surface area contributed by atoms with Crippen LogP contribution in [0, 0.1) is 0 Å². The molecule has 3 rings (SSSR count). The van der Waals surface area contributed by atoms with E-state index in [0.29, 0.717) is 12.6 Å². The average molecular weight is 272 g/mol. The summed E-state index contributed by atoms with van der Waals surface area (Å²) in [6, 6.07) is 7.94. The molecule has 1 aliphatic rings. The van der Waals surface area contributed by atoms with Crippen LogP contribution in [0.2, 0.25) is 0 Å². The van der Waals surface area contributed by atoms with Crippen LogP contribution in [0.5, 0.6) is 0 Å². The van der Waals surface area contributed by atoms with E-state index in [1.165, 1.54) is 0 Å². The van der Waals surface area contributed by atoms with Crippen molar-refractivity contribution < 1.29 is 9.53 Å². The second-order valence-electron chi connectivity index (χ2n) is 5.38. The molecule has 1 N–H and O–H groups in total. The van der Waals surface area contributed by atoms with E-state index >= 15 is 0 Å². The Morgan fingerprint density at radius 3 is 2.85 bits per heavy atom. The molecule has 4 heteroatoms. The fourth-order valence-electron chi connectivity index (χ4n) is 2.89. The van der Waals surface area contributed by atoms with Gasteiger partial charge in [-0.05, 0) is 18.9 Å². The Morgan fingerprint density at radius 2 is 2.10 bits per heavy atom. The number of methoxy groups -OCH3 is 1. The molecule has 0 saturated carbocycles. The molecular weight excluding hydrogens is 252 g/mol. The lowest BCUT2D eigenvalue weighted by Crippen LogP contribution is -2.39. The maximum atomic E-state index is 12.4. The number of hydrogen-bond donors (Lipinski definition) is 1. The van der Waals surface area contributed by atoms with Crippen LogP contribution >= 0.6 is 0 Å². The Bertz CT molecular complexity index is 597. The number of carbonyl (C=O) groups excluding carboxylic acids is 1. The lowest BCUT2D eigenvalue weighted by atomic mass is 10.1. The molecule has 0 bridgehead atoms. The van der Waals surface area contributed by atoms with E-state index < -0.39 is 0 Å². The number of benzene rings is 1. The monoisotopic (exact) mass is 272 g/mol. The molecule has 0 amide bonds. The van der Waals surface area contributed by atoms with Crippen LogP contribution in [0.3, 0.4) is 0 Å². The molecule has 20 heavy (non-hydrogen) atoms. The van der Waals surface area contributed by atoms with E-state index in [4.69, 9.17) is 4.74 Å². The number of hydrogen-bond acceptors (Lipinski definition) is 3. The Kier molecular flexibility index (Phi) is 3.85. The highest BCUT2D eigenvalue weighted by Crippen LogP contribution is 2.19. The van der Waals surface area contributed by atoms with Crippen LogP contribution in [0.15, 0.2) is 30.5 Å². The van der Waals surface area contributed by atoms with Crippen LogP contribution in [0.1, 0.15) is 23.2 Å². The molecule has 1 fully saturated rings. The molecule has 4 nitrogen and oxygen atoms in total. The van der Waals surface area contributed by atoms with Gasteiger partial charge < -0.3 is 9.72 Å². The summed E-state index contributed by atoms with van der Waals surface area (Å²) in [5.41, 5.74) is 1.82. The lowest BCUT2D eigenvalue weighted by Gasteiger charge is -2.30. The molecule has 1 aliphatic heterocycles. The van der Waals surface area contributed by atoms with E-state index in [2.05, 4.69) is 9.88 Å². The molecule has 1 saturated heterocycles. The molecule has 0 unspecified atom stereocenters. The molecular formula is C16H20N2O2. The van der Waals surface area contributed by atoms with E-state index in [9.17, 15) is 4.79 Å². The summed E-state index contributed by atoms with van der Waals surface area (Å²) in [6.45, 7) is 2.37. The van der Waals surface area contributed by atoms with Gasteiger partial charge in [0, 0.05) is 42.9 Å². The topological polar surface area (TPSA) is 45.3 Å². The zero-order valence-electron chi connectivity index (χ0n) is 11.8. The highest BCUT2D eigenvalue weighted by Gasteiger charge is 2.21. The zero-order valence-corrected chi connectivity index (χ0v) is 11.8. The second-order valence-corrected chi connectivity index (χ2v) is 5.38. The predicted octanol–water partition coefficient (Wildman–Crippen LogP) is 2.46. The standard InChI is InChI=1S/C16H20N2O2/c1-20-12-6-8-18(9-7-12)11-16(19)14-10-17-15-5-3-2-4-13(14)15/h2-5,10,12,17H,6-9,11H2,1H3. The average Bonchev–Trinajstić information content (AvgIpc) is 2.92. The molecule has 0 radical (unpaired) electrons. The van der Waals surface area contributed by atoms with E-state index in [-0.39, 0.29) is 5.78 Å². The number of carbonyl (C=O) groups is 1. The van der Waals surface area contributed by atoms with Crippen LogP contribution in [-0.2, 0) is 4.74 Å². The Balaban J connectivity index is 1.68. The van der Waals surface area contributed by atoms with Crippen molar-refractivity contribution in [2.75, 3.05) is 26.7 Å². The van der Waals surface area contributed by atoms with Crippen molar-refractivity contribution in [1.82, 2.24) is 9.88 Å². The Morgan fingerprint density at radius 1 is 1.35 bits per heavy atom. The summed E-state index contributed by atoms with van der Waals surface area (Å²) in [4.78, 5) is 17.8. The minimum absolute atomic E-state index is 0.193. The third kappa shape index (κ3) is 2.62. The molecule has 1 aromatic carbocycles. The maximum Gasteiger partial charge on any atom is 0.178 e. The van der Waals surface area contributed by atoms with Crippen molar-refractivity contribution in [2.45, 2.75) is 18.9 Å². The summed E-state index contributed by atoms with van der Waals surface area (Å²) < 4.78 is 5.36. The number of para-hydroxylation sites is 1. The molecule has 2 heterocycles. The SMILES string of the molecule is COC1CCN(CC(=O)c2c[nH]c3ccccc23)CC1. The number of ether oxygens (including phenoxy) is 1. The van der Waals surface area contributed by atoms with Gasteiger partial charge in [0.25, 0.3) is 0 Å². The normalized spacial score (nSPS) is 17.6. The number of rotatable bonds is 4. The number of H-pyrrole nitrogens is 1. The Labute approximate surface area is 118 Å². The van der Waals surface area contributed by atoms with Crippen molar-refractivity contribution in [2.24, 2.45) is 0 Å². The van der Waals surface area contributed by atoms with Crippen molar-refractivity contribution in [3.63, 3.8) is 0 Å². The number of likely N-dealkylation sites (tertiary alicyclic amines) is 1. The van der Waals surface area contributed by atoms with Crippen molar-refractivity contribution in [3.05, 3.63) is 36.0 Å². The fourth-order valence-corrected chi connectivity index (χ4v) is 2.89. The summed E-state index contributed by atoms with van der Waals surface area (Å²) in [7, 11) is 1.76. The van der Waals surface area contributed by atoms with E-state index in [1.54, 1.807) is 7.11 Å². The summed E-state index contributed by atoms with van der Waals surface area (Å²) in [5.74, 6) is 0.193. The van der Waals surface area contributed by atoms with Crippen LogP contribution in [0.25, 0.3) is 10.9 Å². The first-order valence-electron chi connectivity index (χ1n) is 7.12. The number of aromatic amines is 1. The third-order valence-corrected chi connectivity index (χ3v) is 4.12. The van der Waals surface area contributed by atoms with Crippen molar-refractivity contribution in [3.8, 4) is 0 Å². The number of Topliss-reactive ketones (excluding diaryl/α,β-unsaturated/α-hetero) is 1. The zero-order chi connectivity index (χ0) is 13.9. The smallest absolute Gasteiger partial charge is 0.178 e. The lowest BCUT2D eigenvalue weighted by molar-refractivity contribution is 0.0402. The summed E-state index contributed by atoms with van der Waals surface area (Å²) in [5, 5.41) is 1.02. The van der Waals surface area contributed by atoms with E-state index in [0.717, 1.165) is 42.4 Å². The number of nitrogens with one attached hydrogen (secondary N) is 1. The summed E-state index contributed by atoms with van der Waals surface area (Å²) in [6.07, 6.45) is 4.21. The largest absolute Gasteiger partial charge is 0.381 e. The van der Waals surface area contributed by atoms with Gasteiger partial charge in [0.1, 0.15) is 0 Å². The first kappa shape index (κ1) is 13.3. The molecule has 0 spiro atoms. The van der Waals surface area contributed by atoms with Crippen molar-refractivity contribution in [1.29, 1.82) is 0 Å². The van der Waals surface area contributed by atoms with Gasteiger partial charge in [-0.25, -0.2) is 0 Å². The second kappa shape index (κ2) is 5.77.